The van der Waals surface area contributed by atoms with E-state index in [1.54, 1.807) is 6.07 Å². The monoisotopic (exact) mass is 466 g/mol. The zero-order valence-corrected chi connectivity index (χ0v) is 18.1. The van der Waals surface area contributed by atoms with Gasteiger partial charge in [-0.2, -0.15) is 0 Å². The van der Waals surface area contributed by atoms with Gasteiger partial charge < -0.3 is 10.2 Å². The molecule has 1 N–H and O–H groups in total. The first kappa shape index (κ1) is 22.1. The Kier molecular flexibility index (Phi) is 7.77. The molecule has 0 fully saturated rings. The van der Waals surface area contributed by atoms with E-state index in [-0.39, 0.29) is 40.4 Å². The van der Waals surface area contributed by atoms with Crippen molar-refractivity contribution in [2.45, 2.75) is 18.7 Å². The maximum absolute atomic E-state index is 14.0. The molecule has 2 aromatic carbocycles. The van der Waals surface area contributed by atoms with Gasteiger partial charge in [0.25, 0.3) is 0 Å². The predicted octanol–water partition coefficient (Wildman–Crippen LogP) is 4.29. The number of carbonyl (C=O) groups is 3. The van der Waals surface area contributed by atoms with E-state index in [9.17, 15) is 18.8 Å². The SMILES string of the molecule is CC(=O)c1ccc(SCC(=O)N(C)CC(=O)Nc2ccc(Br)cc2C)c(F)c1. The number of Topliss-reactive ketones (excluding diaryl/α,β-unsaturated/α-hetero) is 1. The van der Waals surface area contributed by atoms with E-state index in [4.69, 9.17) is 0 Å². The smallest absolute Gasteiger partial charge is 0.243 e. The van der Waals surface area contributed by atoms with Gasteiger partial charge in [-0.1, -0.05) is 22.0 Å². The second-order valence-corrected chi connectivity index (χ2v) is 8.18. The number of nitrogens with one attached hydrogen (secondary N) is 1. The van der Waals surface area contributed by atoms with Gasteiger partial charge in [0.2, 0.25) is 11.8 Å². The number of likely N-dealkylation sites (N-methyl/N-ethyl adjacent to an activating group) is 1. The number of thioether (sulfide) groups is 1. The number of hydrogen-bond acceptors (Lipinski definition) is 4. The van der Waals surface area contributed by atoms with Crippen LogP contribution in [0.15, 0.2) is 45.8 Å². The first-order valence-corrected chi connectivity index (χ1v) is 10.2. The molecule has 28 heavy (non-hydrogen) atoms. The second-order valence-electron chi connectivity index (χ2n) is 6.25. The summed E-state index contributed by atoms with van der Waals surface area (Å²) < 4.78 is 14.9. The Morgan fingerprint density at radius 1 is 1.18 bits per heavy atom. The molecule has 8 heteroatoms. The van der Waals surface area contributed by atoms with Crippen LogP contribution in [0.2, 0.25) is 0 Å². The zero-order valence-electron chi connectivity index (χ0n) is 15.7. The molecule has 0 atom stereocenters. The van der Waals surface area contributed by atoms with Crippen LogP contribution in [0.1, 0.15) is 22.8 Å². The van der Waals surface area contributed by atoms with Crippen molar-refractivity contribution in [1.29, 1.82) is 0 Å². The third kappa shape index (κ3) is 6.17. The van der Waals surface area contributed by atoms with Crippen molar-refractivity contribution < 1.29 is 18.8 Å². The number of benzene rings is 2. The topological polar surface area (TPSA) is 66.5 Å². The summed E-state index contributed by atoms with van der Waals surface area (Å²) >= 11 is 4.39. The lowest BCUT2D eigenvalue weighted by Crippen LogP contribution is -2.36. The Balaban J connectivity index is 1.88. The first-order valence-electron chi connectivity index (χ1n) is 8.40. The number of halogens is 2. The van der Waals surface area contributed by atoms with Crippen LogP contribution < -0.4 is 5.32 Å². The molecule has 0 saturated carbocycles. The number of rotatable bonds is 7. The van der Waals surface area contributed by atoms with Gasteiger partial charge in [0.15, 0.2) is 5.78 Å². The van der Waals surface area contributed by atoms with Crippen molar-refractivity contribution in [2.75, 3.05) is 24.7 Å². The fourth-order valence-electron chi connectivity index (χ4n) is 2.35. The van der Waals surface area contributed by atoms with E-state index in [0.717, 1.165) is 27.9 Å². The minimum absolute atomic E-state index is 0.0164. The van der Waals surface area contributed by atoms with E-state index in [0.29, 0.717) is 5.69 Å². The summed E-state index contributed by atoms with van der Waals surface area (Å²) in [5.74, 6) is -1.40. The number of amides is 2. The fourth-order valence-corrected chi connectivity index (χ4v) is 3.68. The van der Waals surface area contributed by atoms with Crippen molar-refractivity contribution in [3.63, 3.8) is 0 Å². The van der Waals surface area contributed by atoms with Crippen LogP contribution in [0.25, 0.3) is 0 Å². The van der Waals surface area contributed by atoms with Crippen LogP contribution in [-0.4, -0.2) is 41.8 Å². The molecule has 0 heterocycles. The van der Waals surface area contributed by atoms with E-state index in [1.807, 2.05) is 19.1 Å². The Morgan fingerprint density at radius 2 is 1.89 bits per heavy atom. The van der Waals surface area contributed by atoms with Crippen LogP contribution in [0, 0.1) is 12.7 Å². The lowest BCUT2D eigenvalue weighted by Gasteiger charge is -2.17. The summed E-state index contributed by atoms with van der Waals surface area (Å²) in [5, 5.41) is 2.77. The van der Waals surface area contributed by atoms with Crippen LogP contribution in [0.4, 0.5) is 10.1 Å². The molecule has 0 spiro atoms. The van der Waals surface area contributed by atoms with Gasteiger partial charge in [0, 0.05) is 27.7 Å². The number of nitrogens with zero attached hydrogens (tertiary/aromatic N) is 1. The van der Waals surface area contributed by atoms with Gasteiger partial charge in [0.05, 0.1) is 12.3 Å². The molecule has 5 nitrogen and oxygen atoms in total. The number of ketones is 1. The molecule has 0 bridgehead atoms. The Bertz CT molecular complexity index is 920. The van der Waals surface area contributed by atoms with Gasteiger partial charge in [-0.25, -0.2) is 4.39 Å². The van der Waals surface area contributed by atoms with Gasteiger partial charge >= 0.3 is 0 Å². The highest BCUT2D eigenvalue weighted by Gasteiger charge is 2.15. The number of carbonyl (C=O) groups excluding carboxylic acids is 3. The van der Waals surface area contributed by atoms with E-state index < -0.39 is 5.82 Å². The van der Waals surface area contributed by atoms with Crippen molar-refractivity contribution in [1.82, 2.24) is 4.90 Å². The molecule has 0 radical (unpaired) electrons. The van der Waals surface area contributed by atoms with E-state index in [1.165, 1.54) is 31.0 Å². The quantitative estimate of drug-likeness (QED) is 0.488. The van der Waals surface area contributed by atoms with Crippen molar-refractivity contribution in [3.05, 3.63) is 57.8 Å². The molecule has 2 rings (SSSR count). The normalized spacial score (nSPS) is 10.5. The molecule has 148 valence electrons. The average molecular weight is 467 g/mol. The molecule has 0 saturated heterocycles. The van der Waals surface area contributed by atoms with Gasteiger partial charge in [-0.3, -0.25) is 14.4 Å². The summed E-state index contributed by atoms with van der Waals surface area (Å²) in [6, 6.07) is 9.64. The fraction of sp³-hybridized carbons (Fsp3) is 0.250. The van der Waals surface area contributed by atoms with E-state index >= 15 is 0 Å². The predicted molar refractivity (Wildman–Crippen MR) is 112 cm³/mol. The Hall–Kier alpha value is -2.19. The van der Waals surface area contributed by atoms with Crippen molar-refractivity contribution >= 4 is 51.0 Å². The summed E-state index contributed by atoms with van der Waals surface area (Å²) in [7, 11) is 1.52. The highest BCUT2D eigenvalue weighted by atomic mass is 79.9. The van der Waals surface area contributed by atoms with Gasteiger partial charge in [0.1, 0.15) is 5.82 Å². The van der Waals surface area contributed by atoms with Crippen molar-refractivity contribution in [2.24, 2.45) is 0 Å². The minimum atomic E-state index is -0.545. The second kappa shape index (κ2) is 9.84. The largest absolute Gasteiger partial charge is 0.336 e. The molecule has 2 amide bonds. The highest BCUT2D eigenvalue weighted by molar-refractivity contribution is 9.10. The maximum Gasteiger partial charge on any atom is 0.243 e. The number of hydrogen-bond donors (Lipinski definition) is 1. The third-order valence-electron chi connectivity index (χ3n) is 3.96. The molecule has 0 aromatic heterocycles. The minimum Gasteiger partial charge on any atom is -0.336 e. The molecule has 2 aromatic rings. The molecular weight excluding hydrogens is 447 g/mol. The Morgan fingerprint density at radius 3 is 2.50 bits per heavy atom. The summed E-state index contributed by atoms with van der Waals surface area (Å²) in [6.07, 6.45) is 0. The van der Waals surface area contributed by atoms with Crippen LogP contribution in [0.3, 0.4) is 0 Å². The lowest BCUT2D eigenvalue weighted by atomic mass is 10.1. The summed E-state index contributed by atoms with van der Waals surface area (Å²) in [4.78, 5) is 37.3. The van der Waals surface area contributed by atoms with Gasteiger partial charge in [-0.05, 0) is 49.7 Å². The third-order valence-corrected chi connectivity index (χ3v) is 5.49. The van der Waals surface area contributed by atoms with Crippen LogP contribution in [-0.2, 0) is 9.59 Å². The highest BCUT2D eigenvalue weighted by Crippen LogP contribution is 2.23. The summed E-state index contributed by atoms with van der Waals surface area (Å²) in [5.41, 5.74) is 1.86. The molecular formula is C20H20BrFN2O3S. The van der Waals surface area contributed by atoms with Crippen LogP contribution in [0.5, 0.6) is 0 Å². The standard InChI is InChI=1S/C20H20BrFN2O3S/c1-12-8-15(21)5-6-17(12)23-19(26)10-24(3)20(27)11-28-18-7-4-14(13(2)25)9-16(18)22/h4-9H,10-11H2,1-3H3,(H,23,26). The molecule has 0 aliphatic rings. The maximum atomic E-state index is 14.0. The van der Waals surface area contributed by atoms with Gasteiger partial charge in [-0.15, -0.1) is 11.8 Å². The molecule has 0 aliphatic carbocycles. The van der Waals surface area contributed by atoms with Crippen LogP contribution >= 0.6 is 27.7 Å². The number of anilines is 1. The first-order chi connectivity index (χ1) is 13.2. The molecule has 0 unspecified atom stereocenters. The van der Waals surface area contributed by atoms with E-state index in [2.05, 4.69) is 21.2 Å². The Labute approximate surface area is 175 Å². The lowest BCUT2D eigenvalue weighted by molar-refractivity contribution is -0.131. The summed E-state index contributed by atoms with van der Waals surface area (Å²) in [6.45, 7) is 3.12. The zero-order chi connectivity index (χ0) is 20.8. The van der Waals surface area contributed by atoms with Crippen molar-refractivity contribution in [3.8, 4) is 0 Å². The molecule has 0 aliphatic heterocycles. The average Bonchev–Trinajstić information content (AvgIpc) is 2.62. The number of aryl methyl sites for hydroxylation is 1.